The molecular weight excluding hydrogens is 330 g/mol. The van der Waals surface area contributed by atoms with Crippen molar-refractivity contribution in [2.24, 2.45) is 10.2 Å². The molecule has 0 spiro atoms. The fraction of sp³-hybridized carbons (Fsp3) is 0.250. The van der Waals surface area contributed by atoms with Crippen LogP contribution in [0.5, 0.6) is 0 Å². The van der Waals surface area contributed by atoms with Gasteiger partial charge in [0.05, 0.1) is 24.1 Å². The minimum Gasteiger partial charge on any atom is -0.368 e. The summed E-state index contributed by atoms with van der Waals surface area (Å²) in [4.78, 5) is 14.6. The van der Waals surface area contributed by atoms with E-state index >= 15 is 0 Å². The van der Waals surface area contributed by atoms with E-state index in [4.69, 9.17) is 5.73 Å². The second-order valence-corrected chi connectivity index (χ2v) is 6.13. The molecular formula is C16H14F2N6O. The summed E-state index contributed by atoms with van der Waals surface area (Å²) in [6, 6.07) is 5.02. The minimum atomic E-state index is -0.804. The molecule has 9 heteroatoms. The Bertz CT molecular complexity index is 1090. The summed E-state index contributed by atoms with van der Waals surface area (Å²) in [5.74, 6) is -0.719. The molecule has 0 saturated carbocycles. The second-order valence-electron chi connectivity index (χ2n) is 6.13. The number of H-pyrrole nitrogens is 1. The summed E-state index contributed by atoms with van der Waals surface area (Å²) in [6.07, 6.45) is 1.27. The van der Waals surface area contributed by atoms with Gasteiger partial charge in [0.2, 0.25) is 5.95 Å². The van der Waals surface area contributed by atoms with Crippen LogP contribution in [0.2, 0.25) is 0 Å². The average Bonchev–Trinajstić information content (AvgIpc) is 3.05. The first kappa shape index (κ1) is 15.4. The van der Waals surface area contributed by atoms with E-state index in [1.54, 1.807) is 25.1 Å². The molecule has 0 saturated heterocycles. The maximum Gasteiger partial charge on any atom is 0.277 e. The zero-order valence-corrected chi connectivity index (χ0v) is 13.3. The number of nitrogen functional groups attached to an aromatic ring is 1. The number of aromatic amines is 1. The van der Waals surface area contributed by atoms with Gasteiger partial charge in [-0.25, -0.2) is 8.91 Å². The van der Waals surface area contributed by atoms with Gasteiger partial charge in [-0.1, -0.05) is 6.07 Å². The largest absolute Gasteiger partial charge is 0.368 e. The predicted molar refractivity (Wildman–Crippen MR) is 88.1 cm³/mol. The van der Waals surface area contributed by atoms with Crippen LogP contribution >= 0.6 is 0 Å². The maximum absolute atomic E-state index is 14.5. The summed E-state index contributed by atoms with van der Waals surface area (Å²) in [5, 5.41) is 12.1. The number of benzene rings is 1. The lowest BCUT2D eigenvalue weighted by molar-refractivity contribution is 0.366. The molecule has 1 aliphatic heterocycles. The molecule has 0 amide bonds. The van der Waals surface area contributed by atoms with Crippen molar-refractivity contribution in [1.82, 2.24) is 14.6 Å². The van der Waals surface area contributed by atoms with Crippen molar-refractivity contribution in [2.75, 3.05) is 12.4 Å². The van der Waals surface area contributed by atoms with Crippen LogP contribution in [0.15, 0.2) is 39.4 Å². The van der Waals surface area contributed by atoms with Crippen LogP contribution in [0.3, 0.4) is 0 Å². The molecule has 2 aromatic heterocycles. The monoisotopic (exact) mass is 344 g/mol. The van der Waals surface area contributed by atoms with Gasteiger partial charge in [0.1, 0.15) is 11.1 Å². The summed E-state index contributed by atoms with van der Waals surface area (Å²) in [6.45, 7) is 1.22. The summed E-state index contributed by atoms with van der Waals surface area (Å²) < 4.78 is 28.5. The molecule has 3 N–H and O–H groups in total. The smallest absolute Gasteiger partial charge is 0.277 e. The first-order valence-corrected chi connectivity index (χ1v) is 7.63. The third kappa shape index (κ3) is 2.23. The van der Waals surface area contributed by atoms with E-state index in [9.17, 15) is 13.6 Å². The molecule has 4 rings (SSSR count). The highest BCUT2D eigenvalue weighted by molar-refractivity contribution is 5.82. The van der Waals surface area contributed by atoms with Gasteiger partial charge in [-0.05, 0) is 24.6 Å². The van der Waals surface area contributed by atoms with Crippen LogP contribution in [0.4, 0.5) is 20.4 Å². The Balaban J connectivity index is 1.95. The third-order valence-electron chi connectivity index (χ3n) is 4.44. The highest BCUT2D eigenvalue weighted by Gasteiger charge is 2.34. The maximum atomic E-state index is 14.5. The van der Waals surface area contributed by atoms with E-state index in [2.05, 4.69) is 20.3 Å². The van der Waals surface area contributed by atoms with Crippen LogP contribution < -0.4 is 11.3 Å². The first-order chi connectivity index (χ1) is 11.9. The number of rotatable bonds is 3. The van der Waals surface area contributed by atoms with Crippen molar-refractivity contribution in [3.05, 3.63) is 46.1 Å². The molecule has 1 atom stereocenters. The van der Waals surface area contributed by atoms with E-state index in [1.165, 1.54) is 0 Å². The number of alkyl halides is 1. The molecule has 0 unspecified atom stereocenters. The Kier molecular flexibility index (Phi) is 3.21. The van der Waals surface area contributed by atoms with Gasteiger partial charge >= 0.3 is 0 Å². The van der Waals surface area contributed by atoms with E-state index in [-0.39, 0.29) is 23.4 Å². The van der Waals surface area contributed by atoms with E-state index < -0.39 is 23.6 Å². The number of anilines is 1. The standard InChI is InChI=1S/C16H14F2N6O/c1-16(4-5-17)9-6-8(2-3-11(9)21-23-16)12-10(18)7-24-13(12)14(25)20-15(19)22-24/h2-3,6-7H,4-5H2,1H3,(H3,19,20,22,25)/t16-/m1/s1. The zero-order valence-electron chi connectivity index (χ0n) is 13.3. The van der Waals surface area contributed by atoms with Crippen LogP contribution in [0.25, 0.3) is 16.6 Å². The van der Waals surface area contributed by atoms with Gasteiger partial charge in [-0.15, -0.1) is 5.10 Å². The van der Waals surface area contributed by atoms with Gasteiger partial charge in [-0.3, -0.25) is 14.2 Å². The Morgan fingerprint density at radius 1 is 1.40 bits per heavy atom. The molecule has 25 heavy (non-hydrogen) atoms. The van der Waals surface area contributed by atoms with Crippen molar-refractivity contribution in [3.8, 4) is 11.1 Å². The highest BCUT2D eigenvalue weighted by atomic mass is 19.1. The molecule has 0 aliphatic carbocycles. The molecule has 0 radical (unpaired) electrons. The normalized spacial score (nSPS) is 18.8. The first-order valence-electron chi connectivity index (χ1n) is 7.63. The summed E-state index contributed by atoms with van der Waals surface area (Å²) in [5.41, 5.74) is 6.06. The van der Waals surface area contributed by atoms with E-state index in [0.29, 0.717) is 16.8 Å². The zero-order chi connectivity index (χ0) is 17.8. The number of aromatic nitrogens is 3. The number of fused-ring (bicyclic) bond motifs is 2. The molecule has 128 valence electrons. The SMILES string of the molecule is C[C@]1(CCF)N=Nc2ccc(-c3c(F)cn4nc(N)[nH]c(=O)c34)cc21. The molecule has 3 heterocycles. The lowest BCUT2D eigenvalue weighted by Gasteiger charge is -2.19. The second kappa shape index (κ2) is 5.20. The lowest BCUT2D eigenvalue weighted by Crippen LogP contribution is -2.17. The van der Waals surface area contributed by atoms with Crippen LogP contribution in [0.1, 0.15) is 18.9 Å². The molecule has 3 aromatic rings. The van der Waals surface area contributed by atoms with Gasteiger partial charge in [0, 0.05) is 12.0 Å². The lowest BCUT2D eigenvalue weighted by atomic mass is 9.88. The number of nitrogens with two attached hydrogens (primary N) is 1. The van der Waals surface area contributed by atoms with Crippen molar-refractivity contribution >= 4 is 17.2 Å². The third-order valence-corrected chi connectivity index (χ3v) is 4.44. The van der Waals surface area contributed by atoms with Gasteiger partial charge in [0.15, 0.2) is 5.82 Å². The van der Waals surface area contributed by atoms with Crippen molar-refractivity contribution in [3.63, 3.8) is 0 Å². The number of hydrogen-bond acceptors (Lipinski definition) is 5. The molecule has 0 fully saturated rings. The molecule has 1 aliphatic rings. The fourth-order valence-corrected chi connectivity index (χ4v) is 3.15. The van der Waals surface area contributed by atoms with Gasteiger partial charge in [-0.2, -0.15) is 10.2 Å². The van der Waals surface area contributed by atoms with Gasteiger partial charge < -0.3 is 5.73 Å². The number of nitrogens with one attached hydrogen (secondary N) is 1. The van der Waals surface area contributed by atoms with Crippen LogP contribution in [-0.4, -0.2) is 21.3 Å². The van der Waals surface area contributed by atoms with E-state index in [1.807, 2.05) is 0 Å². The molecule has 7 nitrogen and oxygen atoms in total. The van der Waals surface area contributed by atoms with Crippen molar-refractivity contribution in [2.45, 2.75) is 18.9 Å². The van der Waals surface area contributed by atoms with E-state index in [0.717, 1.165) is 10.7 Å². The Morgan fingerprint density at radius 3 is 2.96 bits per heavy atom. The van der Waals surface area contributed by atoms with Gasteiger partial charge in [0.25, 0.3) is 5.56 Å². The Morgan fingerprint density at radius 2 is 2.20 bits per heavy atom. The van der Waals surface area contributed by atoms with Crippen LogP contribution in [-0.2, 0) is 5.54 Å². The number of hydrogen-bond donors (Lipinski definition) is 2. The number of azo groups is 1. The molecule has 0 bridgehead atoms. The number of nitrogens with zero attached hydrogens (tertiary/aromatic N) is 4. The highest BCUT2D eigenvalue weighted by Crippen LogP contribution is 2.44. The fourth-order valence-electron chi connectivity index (χ4n) is 3.15. The van der Waals surface area contributed by atoms with Crippen LogP contribution in [0, 0.1) is 5.82 Å². The Hall–Kier alpha value is -3.10. The quantitative estimate of drug-likeness (QED) is 0.763. The average molecular weight is 344 g/mol. The van der Waals surface area contributed by atoms with Crippen molar-refractivity contribution < 1.29 is 8.78 Å². The summed E-state index contributed by atoms with van der Waals surface area (Å²) in [7, 11) is 0. The topological polar surface area (TPSA) is 101 Å². The molecule has 1 aromatic carbocycles. The summed E-state index contributed by atoms with van der Waals surface area (Å²) >= 11 is 0. The predicted octanol–water partition coefficient (Wildman–Crippen LogP) is 3.08. The minimum absolute atomic E-state index is 0.0470. The Labute approximate surface area is 140 Å². The number of halogens is 2. The van der Waals surface area contributed by atoms with Crippen molar-refractivity contribution in [1.29, 1.82) is 0 Å².